The molecule has 0 unspecified atom stereocenters. The van der Waals surface area contributed by atoms with Crippen LogP contribution < -0.4 is 4.90 Å². The van der Waals surface area contributed by atoms with Crippen LogP contribution in [0, 0.1) is 23.7 Å². The highest BCUT2D eigenvalue weighted by molar-refractivity contribution is 6.04. The smallest absolute Gasteiger partial charge is 0.295 e. The average molecular weight is 435 g/mol. The number of carbonyl (C=O) groups is 1. The number of hydrogen-bond donors (Lipinski definition) is 0. The predicted octanol–water partition coefficient (Wildman–Crippen LogP) is 5.35. The molecule has 0 radical (unpaired) electrons. The maximum Gasteiger partial charge on any atom is 0.295 e. The summed E-state index contributed by atoms with van der Waals surface area (Å²) in [4.78, 5) is 22.2. The predicted molar refractivity (Wildman–Crippen MR) is 124 cm³/mol. The Labute approximate surface area is 191 Å². The third-order valence-corrected chi connectivity index (χ3v) is 7.34. The second kappa shape index (κ2) is 10.3. The Morgan fingerprint density at radius 3 is 2.66 bits per heavy atom. The summed E-state index contributed by atoms with van der Waals surface area (Å²) in [6.45, 7) is 4.96. The van der Waals surface area contributed by atoms with Gasteiger partial charge >= 0.3 is 0 Å². The zero-order valence-corrected chi connectivity index (χ0v) is 19.1. The first-order valence-electron chi connectivity index (χ1n) is 12.0. The van der Waals surface area contributed by atoms with E-state index < -0.39 is 0 Å². The third kappa shape index (κ3) is 5.21. The van der Waals surface area contributed by atoms with E-state index in [4.69, 9.17) is 4.42 Å². The van der Waals surface area contributed by atoms with Gasteiger partial charge in [0.2, 0.25) is 0 Å². The Kier molecular flexibility index (Phi) is 7.26. The number of likely N-dealkylation sites (tertiary alicyclic amines) is 1. The van der Waals surface area contributed by atoms with Crippen LogP contribution >= 0.6 is 0 Å². The largest absolute Gasteiger partial charge is 0.459 e. The Balaban J connectivity index is 1.40. The van der Waals surface area contributed by atoms with Crippen molar-refractivity contribution < 1.29 is 9.21 Å². The van der Waals surface area contributed by atoms with Crippen LogP contribution in [-0.4, -0.2) is 41.5 Å². The molecule has 0 bridgehead atoms. The van der Waals surface area contributed by atoms with Crippen molar-refractivity contribution in [1.29, 1.82) is 5.26 Å². The highest BCUT2D eigenvalue weighted by Gasteiger charge is 2.34. The van der Waals surface area contributed by atoms with E-state index in [1.807, 2.05) is 30.2 Å². The molecule has 6 heteroatoms. The molecule has 170 valence electrons. The molecule has 2 aromatic heterocycles. The summed E-state index contributed by atoms with van der Waals surface area (Å²) in [6.07, 6.45) is 13.2. The molecule has 3 heterocycles. The quantitative estimate of drug-likeness (QED) is 0.587. The van der Waals surface area contributed by atoms with Gasteiger partial charge in [-0.3, -0.25) is 9.69 Å². The van der Waals surface area contributed by atoms with Crippen molar-refractivity contribution in [2.75, 3.05) is 24.5 Å². The molecule has 2 aliphatic rings. The minimum absolute atomic E-state index is 0.0989. The maximum atomic E-state index is 13.3. The third-order valence-electron chi connectivity index (χ3n) is 7.34. The second-order valence-corrected chi connectivity index (χ2v) is 9.56. The van der Waals surface area contributed by atoms with Crippen LogP contribution in [0.3, 0.4) is 0 Å². The molecule has 1 aliphatic carbocycles. The normalized spacial score (nSPS) is 19.4. The Morgan fingerprint density at radius 1 is 1.25 bits per heavy atom. The van der Waals surface area contributed by atoms with Gasteiger partial charge in [0.25, 0.3) is 5.91 Å². The number of pyridine rings is 1. The van der Waals surface area contributed by atoms with Gasteiger partial charge in [-0.15, -0.1) is 0 Å². The van der Waals surface area contributed by atoms with Gasteiger partial charge in [0.05, 0.1) is 12.3 Å². The number of anilines is 1. The van der Waals surface area contributed by atoms with Gasteiger partial charge in [-0.2, -0.15) is 5.26 Å². The molecule has 1 saturated carbocycles. The summed E-state index contributed by atoms with van der Waals surface area (Å²) in [5, 5.41) is 9.36. The summed E-state index contributed by atoms with van der Waals surface area (Å²) in [7, 11) is 0. The summed E-state index contributed by atoms with van der Waals surface area (Å²) < 4.78 is 5.42. The molecule has 0 aromatic carbocycles. The fourth-order valence-corrected chi connectivity index (χ4v) is 5.36. The number of aryl methyl sites for hydroxylation is 1. The number of aromatic nitrogens is 1. The van der Waals surface area contributed by atoms with Crippen LogP contribution in [-0.2, 0) is 0 Å². The molecule has 1 amide bonds. The Hall–Kier alpha value is -2.65. The van der Waals surface area contributed by atoms with E-state index in [2.05, 4.69) is 16.0 Å². The first-order valence-corrected chi connectivity index (χ1v) is 12.0. The lowest BCUT2D eigenvalue weighted by atomic mass is 9.70. The number of carbonyl (C=O) groups excluding carboxylic acids is 1. The number of piperidine rings is 1. The fourth-order valence-electron chi connectivity index (χ4n) is 5.36. The van der Waals surface area contributed by atoms with Crippen molar-refractivity contribution in [2.45, 2.75) is 70.8 Å². The molecular weight excluding hydrogens is 400 g/mol. The Bertz CT molecular complexity index is 902. The molecule has 0 atom stereocenters. The minimum Gasteiger partial charge on any atom is -0.459 e. The van der Waals surface area contributed by atoms with Gasteiger partial charge in [0.15, 0.2) is 5.76 Å². The van der Waals surface area contributed by atoms with Crippen molar-refractivity contribution in [3.63, 3.8) is 0 Å². The van der Waals surface area contributed by atoms with Gasteiger partial charge in [-0.1, -0.05) is 25.3 Å². The standard InChI is InChI=1S/C26H34N4O2/c1-21-7-8-24(28-20-21)30(25(31)23-6-5-19-32-23)22-9-16-29(17-10-22)18-14-26(13-15-27)11-3-2-4-12-26/h5-8,19-20,22H,2-4,9-14,16-18H2,1H3. The van der Waals surface area contributed by atoms with E-state index in [9.17, 15) is 10.1 Å². The lowest BCUT2D eigenvalue weighted by Gasteiger charge is -2.40. The summed E-state index contributed by atoms with van der Waals surface area (Å²) in [5.41, 5.74) is 1.29. The molecule has 32 heavy (non-hydrogen) atoms. The highest BCUT2D eigenvalue weighted by atomic mass is 16.3. The van der Waals surface area contributed by atoms with Crippen LogP contribution in [0.15, 0.2) is 41.1 Å². The molecule has 1 saturated heterocycles. The number of rotatable bonds is 7. The Morgan fingerprint density at radius 2 is 2.03 bits per heavy atom. The van der Waals surface area contributed by atoms with E-state index in [-0.39, 0.29) is 17.4 Å². The zero-order valence-electron chi connectivity index (χ0n) is 19.1. The van der Waals surface area contributed by atoms with E-state index in [0.717, 1.165) is 44.5 Å². The maximum absolute atomic E-state index is 13.3. The SMILES string of the molecule is Cc1ccc(N(C(=O)c2ccco2)C2CCN(CCC3(CC#N)CCCCC3)CC2)nc1. The highest BCUT2D eigenvalue weighted by Crippen LogP contribution is 2.42. The van der Waals surface area contributed by atoms with Crippen LogP contribution in [0.25, 0.3) is 0 Å². The van der Waals surface area contributed by atoms with Gasteiger partial charge in [0.1, 0.15) is 5.82 Å². The van der Waals surface area contributed by atoms with Crippen LogP contribution in [0.2, 0.25) is 0 Å². The number of nitrogens with zero attached hydrogens (tertiary/aromatic N) is 4. The van der Waals surface area contributed by atoms with Crippen molar-refractivity contribution in [3.8, 4) is 6.07 Å². The monoisotopic (exact) mass is 434 g/mol. The first-order chi connectivity index (χ1) is 15.6. The van der Waals surface area contributed by atoms with Crippen LogP contribution in [0.5, 0.6) is 0 Å². The lowest BCUT2D eigenvalue weighted by molar-refractivity contribution is 0.0922. The number of furan rings is 1. The fraction of sp³-hybridized carbons (Fsp3) is 0.577. The number of nitriles is 1. The van der Waals surface area contributed by atoms with Crippen LogP contribution in [0.1, 0.15) is 73.9 Å². The van der Waals surface area contributed by atoms with Gasteiger partial charge in [-0.05, 0) is 74.8 Å². The average Bonchev–Trinajstić information content (AvgIpc) is 3.36. The molecule has 1 aliphatic heterocycles. The number of amides is 1. The van der Waals surface area contributed by atoms with Crippen molar-refractivity contribution in [2.24, 2.45) is 5.41 Å². The van der Waals surface area contributed by atoms with Crippen LogP contribution in [0.4, 0.5) is 5.82 Å². The van der Waals surface area contributed by atoms with E-state index in [1.54, 1.807) is 18.4 Å². The zero-order chi connectivity index (χ0) is 22.4. The lowest BCUT2D eigenvalue weighted by Crippen LogP contribution is -2.48. The summed E-state index contributed by atoms with van der Waals surface area (Å²) in [6, 6.07) is 9.95. The van der Waals surface area contributed by atoms with E-state index >= 15 is 0 Å². The molecule has 0 spiro atoms. The molecule has 6 nitrogen and oxygen atoms in total. The molecule has 4 rings (SSSR count). The molecule has 2 fully saturated rings. The second-order valence-electron chi connectivity index (χ2n) is 9.56. The minimum atomic E-state index is -0.125. The molecule has 2 aromatic rings. The van der Waals surface area contributed by atoms with Gasteiger partial charge < -0.3 is 9.32 Å². The van der Waals surface area contributed by atoms with Crippen molar-refractivity contribution in [1.82, 2.24) is 9.88 Å². The first kappa shape index (κ1) is 22.5. The topological polar surface area (TPSA) is 73.4 Å². The van der Waals surface area contributed by atoms with E-state index in [0.29, 0.717) is 18.0 Å². The van der Waals surface area contributed by atoms with Crippen molar-refractivity contribution >= 4 is 11.7 Å². The number of hydrogen-bond acceptors (Lipinski definition) is 5. The molecular formula is C26H34N4O2. The summed E-state index contributed by atoms with van der Waals surface area (Å²) in [5.74, 6) is 0.913. The summed E-state index contributed by atoms with van der Waals surface area (Å²) >= 11 is 0. The van der Waals surface area contributed by atoms with E-state index in [1.165, 1.54) is 32.1 Å². The van der Waals surface area contributed by atoms with Gasteiger partial charge in [-0.25, -0.2) is 4.98 Å². The molecule has 0 N–H and O–H groups in total. The van der Waals surface area contributed by atoms with Crippen molar-refractivity contribution in [3.05, 3.63) is 48.0 Å². The van der Waals surface area contributed by atoms with Gasteiger partial charge in [0, 0.05) is 31.7 Å².